The van der Waals surface area contributed by atoms with Crippen molar-refractivity contribution in [2.45, 2.75) is 49.6 Å². The van der Waals surface area contributed by atoms with Crippen LogP contribution in [-0.2, 0) is 6.54 Å². The number of aromatic nitrogens is 1. The molecular formula is C30H35N3. The molecule has 0 spiro atoms. The Hall–Kier alpha value is -2.49. The van der Waals surface area contributed by atoms with E-state index in [1.807, 2.05) is 6.20 Å². The van der Waals surface area contributed by atoms with Gasteiger partial charge in [0.1, 0.15) is 0 Å². The number of pyridine rings is 1. The zero-order valence-corrected chi connectivity index (χ0v) is 19.5. The summed E-state index contributed by atoms with van der Waals surface area (Å²) >= 11 is 0. The third-order valence-corrected chi connectivity index (χ3v) is 8.58. The molecule has 4 fully saturated rings. The fourth-order valence-electron chi connectivity index (χ4n) is 7.20. The van der Waals surface area contributed by atoms with Gasteiger partial charge in [0.05, 0.1) is 0 Å². The van der Waals surface area contributed by atoms with E-state index in [-0.39, 0.29) is 5.54 Å². The fourth-order valence-corrected chi connectivity index (χ4v) is 7.20. The minimum atomic E-state index is 0.243. The van der Waals surface area contributed by atoms with Crippen molar-refractivity contribution < 1.29 is 0 Å². The molecule has 33 heavy (non-hydrogen) atoms. The molecule has 3 aliphatic heterocycles. The highest BCUT2D eigenvalue weighted by atomic mass is 15.3. The van der Waals surface area contributed by atoms with Crippen molar-refractivity contribution in [1.29, 1.82) is 0 Å². The number of hydrogen-bond acceptors (Lipinski definition) is 3. The highest BCUT2D eigenvalue weighted by molar-refractivity contribution is 5.31. The van der Waals surface area contributed by atoms with E-state index < -0.39 is 0 Å². The number of benzene rings is 2. The van der Waals surface area contributed by atoms with Crippen LogP contribution in [0, 0.1) is 5.92 Å². The first-order chi connectivity index (χ1) is 16.3. The van der Waals surface area contributed by atoms with Crippen molar-refractivity contribution >= 4 is 0 Å². The van der Waals surface area contributed by atoms with Crippen molar-refractivity contribution in [3.63, 3.8) is 0 Å². The van der Waals surface area contributed by atoms with Gasteiger partial charge in [-0.2, -0.15) is 0 Å². The van der Waals surface area contributed by atoms with Crippen LogP contribution in [0.1, 0.15) is 54.2 Å². The second-order valence-electron chi connectivity index (χ2n) is 10.6. The maximum Gasteiger partial charge on any atom is 0.0348 e. The van der Waals surface area contributed by atoms with Crippen LogP contribution < -0.4 is 0 Å². The summed E-state index contributed by atoms with van der Waals surface area (Å²) in [6.07, 6.45) is 9.21. The average Bonchev–Trinajstić information content (AvgIpc) is 3.32. The Morgan fingerprint density at radius 1 is 0.788 bits per heavy atom. The molecule has 0 amide bonds. The highest BCUT2D eigenvalue weighted by Gasteiger charge is 2.53. The molecule has 2 bridgehead atoms. The summed E-state index contributed by atoms with van der Waals surface area (Å²) in [4.78, 5) is 10.1. The summed E-state index contributed by atoms with van der Waals surface area (Å²) in [5.74, 6) is 1.83. The minimum absolute atomic E-state index is 0.243. The molecule has 3 heteroatoms. The highest BCUT2D eigenvalue weighted by Crippen LogP contribution is 2.55. The van der Waals surface area contributed by atoms with Gasteiger partial charge in [0.25, 0.3) is 0 Å². The van der Waals surface area contributed by atoms with Crippen molar-refractivity contribution in [1.82, 2.24) is 14.8 Å². The predicted molar refractivity (Wildman–Crippen MR) is 134 cm³/mol. The molecule has 2 aromatic carbocycles. The van der Waals surface area contributed by atoms with E-state index in [0.29, 0.717) is 17.8 Å². The van der Waals surface area contributed by atoms with E-state index in [1.54, 1.807) is 0 Å². The van der Waals surface area contributed by atoms with Crippen molar-refractivity contribution in [3.8, 4) is 0 Å². The second kappa shape index (κ2) is 9.04. The summed E-state index contributed by atoms with van der Waals surface area (Å²) in [5.41, 5.74) is 4.65. The van der Waals surface area contributed by atoms with Crippen LogP contribution in [0.5, 0.6) is 0 Å². The van der Waals surface area contributed by atoms with Gasteiger partial charge in [-0.3, -0.25) is 14.8 Å². The van der Waals surface area contributed by atoms with Gasteiger partial charge in [-0.25, -0.2) is 0 Å². The van der Waals surface area contributed by atoms with Crippen molar-refractivity contribution in [2.75, 3.05) is 26.2 Å². The Labute approximate surface area is 198 Å². The van der Waals surface area contributed by atoms with Gasteiger partial charge in [-0.1, -0.05) is 66.7 Å². The molecule has 170 valence electrons. The third kappa shape index (κ3) is 4.13. The summed E-state index contributed by atoms with van der Waals surface area (Å²) in [5, 5.41) is 0. The van der Waals surface area contributed by atoms with Gasteiger partial charge < -0.3 is 0 Å². The van der Waals surface area contributed by atoms with E-state index in [1.165, 1.54) is 62.0 Å². The van der Waals surface area contributed by atoms with Gasteiger partial charge in [0.15, 0.2) is 0 Å². The zero-order valence-electron chi connectivity index (χ0n) is 19.5. The lowest BCUT2D eigenvalue weighted by molar-refractivity contribution is 0.0417. The van der Waals surface area contributed by atoms with Gasteiger partial charge in [0.2, 0.25) is 0 Å². The van der Waals surface area contributed by atoms with Gasteiger partial charge in [-0.15, -0.1) is 0 Å². The fraction of sp³-hybridized carbons (Fsp3) is 0.433. The number of nitrogens with zero attached hydrogens (tertiary/aromatic N) is 3. The van der Waals surface area contributed by atoms with Crippen LogP contribution in [0.15, 0.2) is 85.2 Å². The SMILES string of the molecule is c1ccc(C2CC3(N4CCCC4)CC(c4ccccc4)C2CN(Cc2cccnc2)C3)cc1. The van der Waals surface area contributed by atoms with Crippen LogP contribution in [0.25, 0.3) is 0 Å². The zero-order chi connectivity index (χ0) is 22.1. The predicted octanol–water partition coefficient (Wildman–Crippen LogP) is 5.71. The average molecular weight is 438 g/mol. The number of fused-ring (bicyclic) bond motifs is 4. The number of rotatable bonds is 5. The standard InChI is InChI=1S/C30H35N3/c1-3-11-25(12-4-1)27-18-30(33-16-7-8-17-33)19-28(26-13-5-2-6-14-26)29(27)22-32(23-30)21-24-10-9-15-31-20-24/h1-6,9-15,20,27-29H,7-8,16-19,21-23H2. The molecule has 4 aliphatic rings. The third-order valence-electron chi connectivity index (χ3n) is 8.58. The first kappa shape index (κ1) is 21.1. The maximum atomic E-state index is 4.41. The van der Waals surface area contributed by atoms with Crippen molar-refractivity contribution in [2.24, 2.45) is 5.92 Å². The molecule has 0 radical (unpaired) electrons. The largest absolute Gasteiger partial charge is 0.297 e. The smallest absolute Gasteiger partial charge is 0.0348 e. The molecule has 7 rings (SSSR count). The Kier molecular flexibility index (Phi) is 5.77. The lowest BCUT2D eigenvalue weighted by Crippen LogP contribution is -2.55. The Morgan fingerprint density at radius 2 is 1.42 bits per heavy atom. The molecular weight excluding hydrogens is 402 g/mol. The number of hydrogen-bond donors (Lipinski definition) is 0. The van der Waals surface area contributed by atoms with Crippen LogP contribution in [-0.4, -0.2) is 46.5 Å². The Balaban J connectivity index is 1.44. The van der Waals surface area contributed by atoms with Crippen LogP contribution >= 0.6 is 0 Å². The van der Waals surface area contributed by atoms with E-state index >= 15 is 0 Å². The Bertz CT molecular complexity index is 980. The summed E-state index contributed by atoms with van der Waals surface area (Å²) < 4.78 is 0. The normalized spacial score (nSPS) is 30.4. The lowest BCUT2D eigenvalue weighted by Gasteiger charge is -2.51. The van der Waals surface area contributed by atoms with Gasteiger partial charge in [0, 0.05) is 37.6 Å². The van der Waals surface area contributed by atoms with E-state index in [4.69, 9.17) is 0 Å². The molecule has 3 saturated heterocycles. The van der Waals surface area contributed by atoms with Crippen LogP contribution in [0.4, 0.5) is 0 Å². The summed E-state index contributed by atoms with van der Waals surface area (Å²) in [6.45, 7) is 5.85. The molecule has 1 aromatic heterocycles. The van der Waals surface area contributed by atoms with E-state index in [2.05, 4.69) is 93.8 Å². The van der Waals surface area contributed by atoms with E-state index in [9.17, 15) is 0 Å². The summed E-state index contributed by atoms with van der Waals surface area (Å²) in [6, 6.07) is 27.1. The second-order valence-corrected chi connectivity index (χ2v) is 10.6. The quantitative estimate of drug-likeness (QED) is 0.510. The van der Waals surface area contributed by atoms with Gasteiger partial charge >= 0.3 is 0 Å². The van der Waals surface area contributed by atoms with Crippen LogP contribution in [0.2, 0.25) is 0 Å². The lowest BCUT2D eigenvalue weighted by atomic mass is 9.61. The monoisotopic (exact) mass is 437 g/mol. The maximum absolute atomic E-state index is 4.41. The van der Waals surface area contributed by atoms with Crippen molar-refractivity contribution in [3.05, 3.63) is 102 Å². The number of likely N-dealkylation sites (tertiary alicyclic amines) is 1. The minimum Gasteiger partial charge on any atom is -0.297 e. The molecule has 1 saturated carbocycles. The first-order valence-corrected chi connectivity index (χ1v) is 12.8. The van der Waals surface area contributed by atoms with E-state index in [0.717, 1.165) is 13.1 Å². The molecule has 0 N–H and O–H groups in total. The topological polar surface area (TPSA) is 19.4 Å². The van der Waals surface area contributed by atoms with Gasteiger partial charge in [-0.05, 0) is 79.3 Å². The molecule has 3 nitrogen and oxygen atoms in total. The molecule has 2 atom stereocenters. The molecule has 3 aromatic rings. The van der Waals surface area contributed by atoms with Crippen LogP contribution in [0.3, 0.4) is 0 Å². The first-order valence-electron chi connectivity index (χ1n) is 12.8. The molecule has 2 unspecified atom stereocenters. The molecule has 4 heterocycles. The summed E-state index contributed by atoms with van der Waals surface area (Å²) in [7, 11) is 0. The molecule has 1 aliphatic carbocycles. The Morgan fingerprint density at radius 3 is 2.00 bits per heavy atom.